The Balaban J connectivity index is 1.49. The molecule has 0 aromatic heterocycles. The summed E-state index contributed by atoms with van der Waals surface area (Å²) in [5.74, 6) is -0.508. The lowest BCUT2D eigenvalue weighted by Gasteiger charge is -2.13. The number of benzene rings is 2. The first-order valence-electron chi connectivity index (χ1n) is 8.63. The normalized spacial score (nSPS) is 13.1. The molecule has 0 N–H and O–H groups in total. The third-order valence-electron chi connectivity index (χ3n) is 4.04. The van der Waals surface area contributed by atoms with Crippen molar-refractivity contribution in [3.63, 3.8) is 0 Å². The van der Waals surface area contributed by atoms with Crippen LogP contribution in [0, 0.1) is 0 Å². The summed E-state index contributed by atoms with van der Waals surface area (Å²) in [6.45, 7) is 2.47. The predicted octanol–water partition coefficient (Wildman–Crippen LogP) is 2.94. The minimum atomic E-state index is -0.541. The van der Waals surface area contributed by atoms with Crippen LogP contribution in [0.1, 0.15) is 33.2 Å². The Morgan fingerprint density at radius 1 is 1.00 bits per heavy atom. The van der Waals surface area contributed by atoms with Gasteiger partial charge < -0.3 is 9.47 Å². The molecule has 138 valence electrons. The van der Waals surface area contributed by atoms with Crippen LogP contribution in [0.25, 0.3) is 6.08 Å². The fraction of sp³-hybridized carbons (Fsp3) is 0.190. The lowest BCUT2D eigenvalue weighted by molar-refractivity contribution is -0.137. The Bertz CT molecular complexity index is 851. The summed E-state index contributed by atoms with van der Waals surface area (Å²) in [6, 6.07) is 13.9. The number of carbonyl (C=O) groups is 3. The van der Waals surface area contributed by atoms with Gasteiger partial charge in [0.2, 0.25) is 0 Å². The summed E-state index contributed by atoms with van der Waals surface area (Å²) in [6.07, 6.45) is 2.93. The number of nitrogens with zero attached hydrogens (tertiary/aromatic N) is 1. The Morgan fingerprint density at radius 2 is 1.63 bits per heavy atom. The van der Waals surface area contributed by atoms with E-state index in [4.69, 9.17) is 9.47 Å². The van der Waals surface area contributed by atoms with Crippen molar-refractivity contribution >= 4 is 23.9 Å². The van der Waals surface area contributed by atoms with Gasteiger partial charge in [-0.15, -0.1) is 0 Å². The summed E-state index contributed by atoms with van der Waals surface area (Å²) in [5.41, 5.74) is 1.59. The second kappa shape index (κ2) is 8.31. The van der Waals surface area contributed by atoms with E-state index < -0.39 is 5.97 Å². The van der Waals surface area contributed by atoms with E-state index in [0.717, 1.165) is 16.2 Å². The van der Waals surface area contributed by atoms with Crippen molar-refractivity contribution in [3.05, 3.63) is 71.3 Å². The van der Waals surface area contributed by atoms with Gasteiger partial charge in [0.1, 0.15) is 12.4 Å². The number of imide groups is 1. The molecule has 2 aromatic carbocycles. The second-order valence-electron chi connectivity index (χ2n) is 5.81. The zero-order valence-corrected chi connectivity index (χ0v) is 14.9. The van der Waals surface area contributed by atoms with E-state index in [1.54, 1.807) is 30.3 Å². The molecule has 0 bridgehead atoms. The van der Waals surface area contributed by atoms with E-state index >= 15 is 0 Å². The Morgan fingerprint density at radius 3 is 2.22 bits per heavy atom. The van der Waals surface area contributed by atoms with Crippen LogP contribution in [0.5, 0.6) is 5.75 Å². The molecule has 0 radical (unpaired) electrons. The highest BCUT2D eigenvalue weighted by Gasteiger charge is 2.34. The number of carbonyl (C=O) groups excluding carboxylic acids is 3. The van der Waals surface area contributed by atoms with Gasteiger partial charge in [-0.25, -0.2) is 4.79 Å². The van der Waals surface area contributed by atoms with E-state index in [-0.39, 0.29) is 25.0 Å². The number of ether oxygens (including phenoxy) is 2. The number of hydrogen-bond acceptors (Lipinski definition) is 5. The molecule has 0 unspecified atom stereocenters. The molecule has 0 saturated carbocycles. The molecule has 0 fully saturated rings. The molecule has 0 aliphatic carbocycles. The van der Waals surface area contributed by atoms with Crippen molar-refractivity contribution in [1.29, 1.82) is 0 Å². The van der Waals surface area contributed by atoms with Gasteiger partial charge in [-0.1, -0.05) is 24.3 Å². The predicted molar refractivity (Wildman–Crippen MR) is 99.4 cm³/mol. The van der Waals surface area contributed by atoms with Crippen molar-refractivity contribution in [2.45, 2.75) is 6.92 Å². The zero-order valence-electron chi connectivity index (χ0n) is 14.9. The molecule has 6 nitrogen and oxygen atoms in total. The van der Waals surface area contributed by atoms with E-state index in [1.807, 2.05) is 31.2 Å². The quantitative estimate of drug-likeness (QED) is 0.428. The van der Waals surface area contributed by atoms with Crippen LogP contribution in [0.4, 0.5) is 0 Å². The minimum Gasteiger partial charge on any atom is -0.494 e. The molecule has 2 aromatic rings. The fourth-order valence-electron chi connectivity index (χ4n) is 2.73. The van der Waals surface area contributed by atoms with Gasteiger partial charge in [0, 0.05) is 6.08 Å². The standard InChI is InChI=1S/C21H19NO5/c1-2-26-16-10-7-15(8-11-16)9-12-19(23)27-14-13-22-20(24)17-5-3-4-6-18(17)21(22)25/h3-12H,2,13-14H2,1H3. The number of esters is 1. The average molecular weight is 365 g/mol. The molecular formula is C21H19NO5. The van der Waals surface area contributed by atoms with Crippen molar-refractivity contribution in [1.82, 2.24) is 4.90 Å². The van der Waals surface area contributed by atoms with Crippen LogP contribution in [0.2, 0.25) is 0 Å². The first-order valence-corrected chi connectivity index (χ1v) is 8.63. The second-order valence-corrected chi connectivity index (χ2v) is 5.81. The zero-order chi connectivity index (χ0) is 19.2. The largest absolute Gasteiger partial charge is 0.494 e. The van der Waals surface area contributed by atoms with E-state index in [1.165, 1.54) is 6.08 Å². The van der Waals surface area contributed by atoms with Gasteiger partial charge in [0.15, 0.2) is 0 Å². The smallest absolute Gasteiger partial charge is 0.330 e. The molecule has 1 aliphatic heterocycles. The van der Waals surface area contributed by atoms with Crippen molar-refractivity contribution in [3.8, 4) is 5.75 Å². The summed E-state index contributed by atoms with van der Waals surface area (Å²) in [5, 5.41) is 0. The number of fused-ring (bicyclic) bond motifs is 1. The highest BCUT2D eigenvalue weighted by molar-refractivity contribution is 6.21. The first kappa shape index (κ1) is 18.4. The van der Waals surface area contributed by atoms with Crippen LogP contribution in [0.15, 0.2) is 54.6 Å². The average Bonchev–Trinajstić information content (AvgIpc) is 2.93. The molecule has 3 rings (SSSR count). The van der Waals surface area contributed by atoms with Gasteiger partial charge in [-0.05, 0) is 42.8 Å². The molecule has 0 atom stereocenters. The summed E-state index contributed by atoms with van der Waals surface area (Å²) >= 11 is 0. The van der Waals surface area contributed by atoms with Gasteiger partial charge in [0.05, 0.1) is 24.3 Å². The maximum absolute atomic E-state index is 12.2. The lowest BCUT2D eigenvalue weighted by Crippen LogP contribution is -2.33. The van der Waals surface area contributed by atoms with E-state index in [2.05, 4.69) is 0 Å². The number of rotatable bonds is 7. The highest BCUT2D eigenvalue weighted by atomic mass is 16.5. The molecule has 27 heavy (non-hydrogen) atoms. The third kappa shape index (κ3) is 4.23. The number of hydrogen-bond donors (Lipinski definition) is 0. The molecule has 6 heteroatoms. The van der Waals surface area contributed by atoms with Crippen LogP contribution in [-0.4, -0.2) is 42.4 Å². The van der Waals surface area contributed by atoms with Gasteiger partial charge in [0.25, 0.3) is 11.8 Å². The molecule has 2 amide bonds. The van der Waals surface area contributed by atoms with Crippen molar-refractivity contribution in [2.75, 3.05) is 19.8 Å². The number of amides is 2. The van der Waals surface area contributed by atoms with Gasteiger partial charge >= 0.3 is 5.97 Å². The van der Waals surface area contributed by atoms with Crippen LogP contribution in [0.3, 0.4) is 0 Å². The topological polar surface area (TPSA) is 72.9 Å². The Hall–Kier alpha value is -3.41. The molecule has 0 spiro atoms. The Kier molecular flexibility index (Phi) is 5.66. The molecular weight excluding hydrogens is 346 g/mol. The molecule has 1 aliphatic rings. The highest BCUT2D eigenvalue weighted by Crippen LogP contribution is 2.21. The monoisotopic (exact) mass is 365 g/mol. The van der Waals surface area contributed by atoms with Crippen LogP contribution >= 0.6 is 0 Å². The molecule has 0 saturated heterocycles. The maximum atomic E-state index is 12.2. The van der Waals surface area contributed by atoms with Crippen LogP contribution in [-0.2, 0) is 9.53 Å². The van der Waals surface area contributed by atoms with Crippen LogP contribution < -0.4 is 4.74 Å². The van der Waals surface area contributed by atoms with E-state index in [9.17, 15) is 14.4 Å². The van der Waals surface area contributed by atoms with Crippen molar-refractivity contribution < 1.29 is 23.9 Å². The summed E-state index contributed by atoms with van der Waals surface area (Å²) < 4.78 is 10.4. The van der Waals surface area contributed by atoms with E-state index in [0.29, 0.717) is 17.7 Å². The van der Waals surface area contributed by atoms with Gasteiger partial charge in [-0.2, -0.15) is 0 Å². The third-order valence-corrected chi connectivity index (χ3v) is 4.04. The first-order chi connectivity index (χ1) is 13.1. The maximum Gasteiger partial charge on any atom is 0.330 e. The SMILES string of the molecule is CCOc1ccc(C=CC(=O)OCCN2C(=O)c3ccccc3C2=O)cc1. The molecule has 1 heterocycles. The Labute approximate surface area is 157 Å². The summed E-state index contributed by atoms with van der Waals surface area (Å²) in [4.78, 5) is 37.3. The van der Waals surface area contributed by atoms with Gasteiger partial charge in [-0.3, -0.25) is 14.5 Å². The minimum absolute atomic E-state index is 0.0228. The fourth-order valence-corrected chi connectivity index (χ4v) is 2.73. The lowest BCUT2D eigenvalue weighted by atomic mass is 10.1. The summed E-state index contributed by atoms with van der Waals surface area (Å²) in [7, 11) is 0. The van der Waals surface area contributed by atoms with Crippen molar-refractivity contribution in [2.24, 2.45) is 0 Å².